The molecule has 138 valence electrons. The van der Waals surface area contributed by atoms with Crippen molar-refractivity contribution in [2.45, 2.75) is 32.2 Å². The second-order valence-corrected chi connectivity index (χ2v) is 6.88. The van der Waals surface area contributed by atoms with E-state index in [-0.39, 0.29) is 12.1 Å². The van der Waals surface area contributed by atoms with Crippen LogP contribution in [0.3, 0.4) is 0 Å². The summed E-state index contributed by atoms with van der Waals surface area (Å²) in [5.41, 5.74) is 2.28. The lowest BCUT2D eigenvalue weighted by Gasteiger charge is -2.37. The first-order valence-electron chi connectivity index (χ1n) is 9.21. The Morgan fingerprint density at radius 3 is 2.73 bits per heavy atom. The third-order valence-corrected chi connectivity index (χ3v) is 4.85. The van der Waals surface area contributed by atoms with Gasteiger partial charge < -0.3 is 15.1 Å². The third kappa shape index (κ3) is 4.71. The van der Waals surface area contributed by atoms with Crippen LogP contribution in [0.25, 0.3) is 0 Å². The topological polar surface area (TPSA) is 61.4 Å². The number of rotatable bonds is 5. The van der Waals surface area contributed by atoms with Gasteiger partial charge in [-0.25, -0.2) is 14.8 Å². The van der Waals surface area contributed by atoms with Gasteiger partial charge in [-0.05, 0) is 37.3 Å². The van der Waals surface area contributed by atoms with E-state index < -0.39 is 0 Å². The van der Waals surface area contributed by atoms with Gasteiger partial charge in [-0.2, -0.15) is 0 Å². The number of urea groups is 1. The largest absolute Gasteiger partial charge is 0.339 e. The molecular formula is C20H27N5O. The van der Waals surface area contributed by atoms with Gasteiger partial charge in [-0.1, -0.05) is 30.3 Å². The van der Waals surface area contributed by atoms with Crippen molar-refractivity contribution in [1.82, 2.24) is 20.2 Å². The molecule has 6 nitrogen and oxygen atoms in total. The fourth-order valence-electron chi connectivity index (χ4n) is 3.26. The molecule has 0 radical (unpaired) electrons. The van der Waals surface area contributed by atoms with Crippen LogP contribution in [-0.4, -0.2) is 53.6 Å². The number of nitrogens with zero attached hydrogens (tertiary/aromatic N) is 4. The molecule has 1 aromatic heterocycles. The lowest BCUT2D eigenvalue weighted by Crippen LogP contribution is -2.52. The zero-order chi connectivity index (χ0) is 18.4. The standard InChI is InChI=1S/C20H27N5O/c1-16-13-22-19(23-14-16)24(2)18-9-6-12-25(15-18)20(26)21-11-10-17-7-4-3-5-8-17/h3-5,7-8,13-14,18H,6,9-12,15H2,1-2H3,(H,21,26). The van der Waals surface area contributed by atoms with Crippen molar-refractivity contribution in [3.63, 3.8) is 0 Å². The summed E-state index contributed by atoms with van der Waals surface area (Å²) in [6, 6.07) is 10.5. The van der Waals surface area contributed by atoms with Crippen LogP contribution in [0.5, 0.6) is 0 Å². The number of likely N-dealkylation sites (N-methyl/N-ethyl adjacent to an activating group) is 1. The van der Waals surface area contributed by atoms with Gasteiger partial charge in [0.05, 0.1) is 0 Å². The SMILES string of the molecule is Cc1cnc(N(C)C2CCCN(C(=O)NCCc3ccccc3)C2)nc1. The number of hydrogen-bond acceptors (Lipinski definition) is 4. The maximum atomic E-state index is 12.5. The number of benzene rings is 1. The Balaban J connectivity index is 1.50. The number of carbonyl (C=O) groups excluding carboxylic acids is 1. The predicted molar refractivity (Wildman–Crippen MR) is 103 cm³/mol. The Morgan fingerprint density at radius 2 is 2.00 bits per heavy atom. The molecule has 3 rings (SSSR count). The molecule has 0 aliphatic carbocycles. The second kappa shape index (κ2) is 8.65. The van der Waals surface area contributed by atoms with Crippen LogP contribution in [0.1, 0.15) is 24.0 Å². The highest BCUT2D eigenvalue weighted by atomic mass is 16.2. The first-order valence-corrected chi connectivity index (χ1v) is 9.21. The quantitative estimate of drug-likeness (QED) is 0.898. The number of carbonyl (C=O) groups is 1. The Hall–Kier alpha value is -2.63. The van der Waals surface area contributed by atoms with Gasteiger partial charge in [-0.15, -0.1) is 0 Å². The van der Waals surface area contributed by atoms with E-state index in [1.54, 1.807) is 0 Å². The monoisotopic (exact) mass is 353 g/mol. The summed E-state index contributed by atoms with van der Waals surface area (Å²) >= 11 is 0. The van der Waals surface area contributed by atoms with Crippen LogP contribution < -0.4 is 10.2 Å². The molecule has 6 heteroatoms. The molecule has 2 amide bonds. The van der Waals surface area contributed by atoms with Gasteiger partial charge >= 0.3 is 6.03 Å². The van der Waals surface area contributed by atoms with Gasteiger partial charge in [0.25, 0.3) is 0 Å². The molecule has 1 fully saturated rings. The highest BCUT2D eigenvalue weighted by Crippen LogP contribution is 2.18. The molecule has 1 saturated heterocycles. The minimum Gasteiger partial charge on any atom is -0.339 e. The van der Waals surface area contributed by atoms with E-state index >= 15 is 0 Å². The molecule has 1 aliphatic heterocycles. The first kappa shape index (κ1) is 18.2. The van der Waals surface area contributed by atoms with E-state index in [2.05, 4.69) is 32.3 Å². The summed E-state index contributed by atoms with van der Waals surface area (Å²) in [6.07, 6.45) is 6.54. The van der Waals surface area contributed by atoms with Gasteiger partial charge in [0.1, 0.15) is 0 Å². The fourth-order valence-corrected chi connectivity index (χ4v) is 3.26. The smallest absolute Gasteiger partial charge is 0.317 e. The van der Waals surface area contributed by atoms with E-state index in [1.165, 1.54) is 5.56 Å². The molecule has 1 aliphatic rings. The highest BCUT2D eigenvalue weighted by Gasteiger charge is 2.27. The molecule has 1 N–H and O–H groups in total. The number of anilines is 1. The van der Waals surface area contributed by atoms with E-state index in [9.17, 15) is 4.79 Å². The van der Waals surface area contributed by atoms with Crippen LogP contribution in [0, 0.1) is 6.92 Å². The van der Waals surface area contributed by atoms with E-state index in [4.69, 9.17) is 0 Å². The molecular weight excluding hydrogens is 326 g/mol. The van der Waals surface area contributed by atoms with Crippen LogP contribution >= 0.6 is 0 Å². The number of hydrogen-bond donors (Lipinski definition) is 1. The summed E-state index contributed by atoms with van der Waals surface area (Å²) in [6.45, 7) is 4.13. The van der Waals surface area contributed by atoms with Crippen molar-refractivity contribution in [3.8, 4) is 0 Å². The van der Waals surface area contributed by atoms with Crippen LogP contribution in [0.15, 0.2) is 42.7 Å². The van der Waals surface area contributed by atoms with Crippen LogP contribution in [0.2, 0.25) is 0 Å². The number of amides is 2. The molecule has 2 heterocycles. The van der Waals surface area contributed by atoms with Crippen LogP contribution in [0.4, 0.5) is 10.7 Å². The summed E-state index contributed by atoms with van der Waals surface area (Å²) in [4.78, 5) is 25.3. The number of aromatic nitrogens is 2. The van der Waals surface area contributed by atoms with Crippen molar-refractivity contribution >= 4 is 12.0 Å². The van der Waals surface area contributed by atoms with Crippen molar-refractivity contribution in [3.05, 3.63) is 53.9 Å². The number of aryl methyl sites for hydroxylation is 1. The maximum Gasteiger partial charge on any atom is 0.317 e. The van der Waals surface area contributed by atoms with E-state index in [0.29, 0.717) is 19.0 Å². The molecule has 1 aromatic carbocycles. The first-order chi connectivity index (χ1) is 12.6. The predicted octanol–water partition coefficient (Wildman–Crippen LogP) is 2.64. The van der Waals surface area contributed by atoms with Crippen molar-refractivity contribution in [2.75, 3.05) is 31.6 Å². The Labute approximate surface area is 155 Å². The molecule has 1 unspecified atom stereocenters. The summed E-state index contributed by atoms with van der Waals surface area (Å²) in [5, 5.41) is 3.04. The summed E-state index contributed by atoms with van der Waals surface area (Å²) in [5.74, 6) is 0.715. The molecule has 0 saturated carbocycles. The zero-order valence-electron chi connectivity index (χ0n) is 15.6. The lowest BCUT2D eigenvalue weighted by molar-refractivity contribution is 0.179. The van der Waals surface area contributed by atoms with Gasteiger partial charge in [0.2, 0.25) is 5.95 Å². The summed E-state index contributed by atoms with van der Waals surface area (Å²) < 4.78 is 0. The number of nitrogens with one attached hydrogen (secondary N) is 1. The normalized spacial score (nSPS) is 17.0. The fraction of sp³-hybridized carbons (Fsp3) is 0.450. The second-order valence-electron chi connectivity index (χ2n) is 6.88. The minimum absolute atomic E-state index is 0.0175. The average Bonchev–Trinajstić information content (AvgIpc) is 2.69. The molecule has 2 aromatic rings. The Kier molecular flexibility index (Phi) is 6.04. The molecule has 26 heavy (non-hydrogen) atoms. The third-order valence-electron chi connectivity index (χ3n) is 4.85. The van der Waals surface area contributed by atoms with Crippen LogP contribution in [-0.2, 0) is 6.42 Å². The maximum absolute atomic E-state index is 12.5. The summed E-state index contributed by atoms with van der Waals surface area (Å²) in [7, 11) is 2.01. The van der Waals surface area contributed by atoms with E-state index in [0.717, 1.165) is 31.4 Å². The zero-order valence-corrected chi connectivity index (χ0v) is 15.6. The van der Waals surface area contributed by atoms with Crippen molar-refractivity contribution in [2.24, 2.45) is 0 Å². The minimum atomic E-state index is 0.0175. The molecule has 0 bridgehead atoms. The Morgan fingerprint density at radius 1 is 1.27 bits per heavy atom. The van der Waals surface area contributed by atoms with Gasteiger partial charge in [0, 0.05) is 45.1 Å². The van der Waals surface area contributed by atoms with Gasteiger partial charge in [-0.3, -0.25) is 0 Å². The van der Waals surface area contributed by atoms with Crippen molar-refractivity contribution < 1.29 is 4.79 Å². The highest BCUT2D eigenvalue weighted by molar-refractivity contribution is 5.74. The lowest BCUT2D eigenvalue weighted by atomic mass is 10.1. The number of piperidine rings is 1. The Bertz CT molecular complexity index is 704. The number of likely N-dealkylation sites (tertiary alicyclic amines) is 1. The van der Waals surface area contributed by atoms with Gasteiger partial charge in [0.15, 0.2) is 0 Å². The van der Waals surface area contributed by atoms with E-state index in [1.807, 2.05) is 49.5 Å². The molecule has 0 spiro atoms. The van der Waals surface area contributed by atoms with Crippen molar-refractivity contribution in [1.29, 1.82) is 0 Å². The molecule has 1 atom stereocenters. The average molecular weight is 353 g/mol.